The number of carboxylic acid groups (broad SMARTS) is 4. The first-order chi connectivity index (χ1) is 32.8. The van der Waals surface area contributed by atoms with Crippen LogP contribution in [0.15, 0.2) is 77.8 Å². The average Bonchev–Trinajstić information content (AvgIpc) is 3.35. The van der Waals surface area contributed by atoms with Gasteiger partial charge in [0, 0.05) is 72.0 Å². The van der Waals surface area contributed by atoms with E-state index in [0.29, 0.717) is 75.1 Å². The van der Waals surface area contributed by atoms with Crippen LogP contribution in [0.4, 0.5) is 0 Å². The van der Waals surface area contributed by atoms with Crippen LogP contribution in [-0.4, -0.2) is 120 Å². The third-order valence-corrected chi connectivity index (χ3v) is 8.67. The van der Waals surface area contributed by atoms with Gasteiger partial charge in [-0.1, -0.05) is 71.7 Å². The van der Waals surface area contributed by atoms with E-state index >= 15 is 0 Å². The summed E-state index contributed by atoms with van der Waals surface area (Å²) in [5.74, 6) is -4.19. The molecule has 0 fully saturated rings. The Balaban J connectivity index is 0.000000951. The number of hydrogen-bond donors (Lipinski definition) is 10. The Bertz CT molecular complexity index is 1850. The number of rotatable bonds is 25. The van der Waals surface area contributed by atoms with E-state index < -0.39 is 23.9 Å². The van der Waals surface area contributed by atoms with Crippen molar-refractivity contribution in [2.75, 3.05) is 45.8 Å². The van der Waals surface area contributed by atoms with Gasteiger partial charge >= 0.3 is 23.9 Å². The molecule has 372 valence electrons. The second kappa shape index (κ2) is 41.0. The molecule has 4 aromatic rings. The summed E-state index contributed by atoms with van der Waals surface area (Å²) >= 11 is 9.26. The predicted octanol–water partition coefficient (Wildman–Crippen LogP) is 6.08. The number of carboxylic acids is 4. The zero-order valence-electron chi connectivity index (χ0n) is 39.7. The summed E-state index contributed by atoms with van der Waals surface area (Å²) in [6.45, 7) is 17.9. The number of pyridine rings is 4. The molecule has 4 rings (SSSR count). The maximum atomic E-state index is 10.8. The number of carbonyl (C=O) groups is 4. The summed E-state index contributed by atoms with van der Waals surface area (Å²) < 4.78 is 0. The van der Waals surface area contributed by atoms with Crippen LogP contribution < -0.4 is 31.9 Å². The van der Waals surface area contributed by atoms with Crippen LogP contribution in [0.1, 0.15) is 131 Å². The van der Waals surface area contributed by atoms with Gasteiger partial charge in [0.2, 0.25) is 0 Å². The fourth-order valence-corrected chi connectivity index (χ4v) is 5.00. The third kappa shape index (κ3) is 32.5. The van der Waals surface area contributed by atoms with Crippen LogP contribution >= 0.6 is 24.4 Å². The lowest BCUT2D eigenvalue weighted by Crippen LogP contribution is -2.35. The molecule has 0 aliphatic heterocycles. The number of aliphatic imine (C=N–C) groups is 1. The first-order valence-corrected chi connectivity index (χ1v) is 23.2. The SMILES string of the molecule is CCCC.CCCN=C=S.CCCNC(=S)NCCC.O=C(O)c1cccc(CNCCNCc2cccc(C(=O)O)n2)n1.O=C(O)c1cccc(CNCCNCc2cccc(C(=O)O)n2)n1. The van der Waals surface area contributed by atoms with E-state index in [1.54, 1.807) is 48.5 Å². The molecule has 0 radical (unpaired) electrons. The summed E-state index contributed by atoms with van der Waals surface area (Å²) in [7, 11) is 0. The predicted molar refractivity (Wildman–Crippen MR) is 272 cm³/mol. The van der Waals surface area contributed by atoms with Gasteiger partial charge in [-0.2, -0.15) is 0 Å². The minimum atomic E-state index is -1.05. The average molecular weight is 980 g/mol. The highest BCUT2D eigenvalue weighted by atomic mass is 32.1. The van der Waals surface area contributed by atoms with Crippen molar-refractivity contribution < 1.29 is 39.6 Å². The lowest BCUT2D eigenvalue weighted by molar-refractivity contribution is 0.0679. The highest BCUT2D eigenvalue weighted by Crippen LogP contribution is 2.02. The number of aromatic carboxylic acids is 4. The molecular weight excluding hydrogens is 911 g/mol. The van der Waals surface area contributed by atoms with E-state index in [4.69, 9.17) is 32.6 Å². The van der Waals surface area contributed by atoms with E-state index in [2.05, 4.69) is 109 Å². The van der Waals surface area contributed by atoms with Crippen LogP contribution in [0.3, 0.4) is 0 Å². The molecule has 0 aliphatic rings. The summed E-state index contributed by atoms with van der Waals surface area (Å²) in [5.41, 5.74) is 2.73. The molecule has 0 bridgehead atoms. The fourth-order valence-electron chi connectivity index (χ4n) is 4.70. The van der Waals surface area contributed by atoms with Gasteiger partial charge < -0.3 is 52.3 Å². The molecule has 0 amide bonds. The number of isothiocyanates is 1. The minimum Gasteiger partial charge on any atom is -0.477 e. The summed E-state index contributed by atoms with van der Waals surface area (Å²) in [6.07, 6.45) is 5.94. The van der Waals surface area contributed by atoms with Crippen molar-refractivity contribution >= 4 is 58.6 Å². The van der Waals surface area contributed by atoms with Crippen molar-refractivity contribution in [3.05, 3.63) is 118 Å². The first-order valence-electron chi connectivity index (χ1n) is 22.4. The quantitative estimate of drug-likeness (QED) is 0.0204. The second-order valence-corrected chi connectivity index (χ2v) is 14.7. The normalized spacial score (nSPS) is 9.78. The van der Waals surface area contributed by atoms with Gasteiger partial charge in [0.1, 0.15) is 22.8 Å². The molecule has 0 aliphatic carbocycles. The van der Waals surface area contributed by atoms with Crippen molar-refractivity contribution in [3.63, 3.8) is 0 Å². The Morgan fingerprint density at radius 2 is 0.750 bits per heavy atom. The van der Waals surface area contributed by atoms with Gasteiger partial charge in [0.15, 0.2) is 5.11 Å². The highest BCUT2D eigenvalue weighted by Gasteiger charge is 2.08. The van der Waals surface area contributed by atoms with E-state index in [1.807, 2.05) is 0 Å². The minimum absolute atomic E-state index is 0.0248. The molecule has 0 atom stereocenters. The third-order valence-electron chi connectivity index (χ3n) is 8.26. The lowest BCUT2D eigenvalue weighted by Gasteiger charge is -2.07. The van der Waals surface area contributed by atoms with Gasteiger partial charge in [-0.25, -0.2) is 44.1 Å². The standard InChI is InChI=1S/2C16H18N4O4.C7H16N2S.C4H7NS.C4H10/c2*21-15(22)13-5-1-3-11(19-13)9-17-7-8-18-10-12-4-2-6-14(20-12)16(23)24;1-3-5-8-7(10)9-6-4-2;1-2-3-5-4-6;1-3-4-2/h2*1-6,17-18H,7-10H2,(H,21,22)(H,23,24);3-6H2,1-2H3,(H2,8,9,10);2-3H2,1H3;3-4H2,1-2H3. The number of unbranched alkanes of at least 4 members (excludes halogenated alkanes) is 1. The molecule has 0 saturated heterocycles. The molecule has 0 aromatic carbocycles. The summed E-state index contributed by atoms with van der Waals surface area (Å²) in [6, 6.07) is 19.5. The number of nitrogens with zero attached hydrogens (tertiary/aromatic N) is 5. The van der Waals surface area contributed by atoms with Gasteiger partial charge in [0.25, 0.3) is 0 Å². The molecule has 19 nitrogen and oxygen atoms in total. The number of thiocarbonyl (C=S) groups is 2. The Morgan fingerprint density at radius 3 is 0.941 bits per heavy atom. The van der Waals surface area contributed by atoms with Crippen LogP contribution in [0.5, 0.6) is 0 Å². The Labute approximate surface area is 410 Å². The molecule has 68 heavy (non-hydrogen) atoms. The van der Waals surface area contributed by atoms with Gasteiger partial charge in [-0.15, -0.1) is 0 Å². The molecule has 0 unspecified atom stereocenters. The van der Waals surface area contributed by atoms with Gasteiger partial charge in [-0.05, 0) is 92.2 Å². The van der Waals surface area contributed by atoms with Crippen LogP contribution in [0.2, 0.25) is 0 Å². The van der Waals surface area contributed by atoms with E-state index in [0.717, 1.165) is 44.0 Å². The van der Waals surface area contributed by atoms with Crippen LogP contribution in [0.25, 0.3) is 0 Å². The van der Waals surface area contributed by atoms with Crippen molar-refractivity contribution in [2.45, 2.75) is 92.9 Å². The van der Waals surface area contributed by atoms with E-state index in [9.17, 15) is 19.2 Å². The zero-order valence-corrected chi connectivity index (χ0v) is 41.3. The molecule has 4 heterocycles. The zero-order chi connectivity index (χ0) is 50.8. The maximum Gasteiger partial charge on any atom is 0.354 e. The molecule has 21 heteroatoms. The maximum absolute atomic E-state index is 10.8. The highest BCUT2D eigenvalue weighted by molar-refractivity contribution is 7.80. The summed E-state index contributed by atoms with van der Waals surface area (Å²) in [4.78, 5) is 63.1. The second-order valence-electron chi connectivity index (χ2n) is 14.1. The first kappa shape index (κ1) is 61.8. The largest absolute Gasteiger partial charge is 0.477 e. The number of aromatic nitrogens is 4. The topological polar surface area (TPSA) is 285 Å². The van der Waals surface area contributed by atoms with Gasteiger partial charge in [0.05, 0.1) is 27.9 Å². The van der Waals surface area contributed by atoms with Crippen molar-refractivity contribution in [2.24, 2.45) is 4.99 Å². The van der Waals surface area contributed by atoms with Crippen molar-refractivity contribution in [1.82, 2.24) is 51.8 Å². The molecule has 4 aromatic heterocycles. The smallest absolute Gasteiger partial charge is 0.354 e. The monoisotopic (exact) mass is 979 g/mol. The van der Waals surface area contributed by atoms with Gasteiger partial charge in [-0.3, -0.25) is 0 Å². The molecule has 0 saturated carbocycles. The lowest BCUT2D eigenvalue weighted by atomic mass is 10.3. The van der Waals surface area contributed by atoms with Crippen molar-refractivity contribution in [1.29, 1.82) is 0 Å². The molecule has 0 spiro atoms. The van der Waals surface area contributed by atoms with E-state index in [-0.39, 0.29) is 22.8 Å². The van der Waals surface area contributed by atoms with E-state index in [1.165, 1.54) is 37.1 Å². The van der Waals surface area contributed by atoms with Crippen LogP contribution in [0, 0.1) is 0 Å². The van der Waals surface area contributed by atoms with Crippen molar-refractivity contribution in [3.8, 4) is 0 Å². The van der Waals surface area contributed by atoms with Crippen LogP contribution in [-0.2, 0) is 26.2 Å². The molecular formula is C47H69N11O8S2. The Kier molecular flexibility index (Phi) is 37.3. The molecule has 10 N–H and O–H groups in total. The number of hydrogen-bond acceptors (Lipinski definition) is 15. The number of nitrogens with one attached hydrogen (secondary N) is 6. The summed E-state index contributed by atoms with van der Waals surface area (Å²) in [5, 5.41) is 57.3. The fraction of sp³-hybridized carbons (Fsp3) is 0.447. The Morgan fingerprint density at radius 1 is 0.471 bits per heavy atom. The Hall–Kier alpha value is -6.19.